The second-order valence-corrected chi connectivity index (χ2v) is 6.95. The van der Waals surface area contributed by atoms with Crippen LogP contribution in [-0.2, 0) is 16.1 Å². The second kappa shape index (κ2) is 6.88. The average molecular weight is 377 g/mol. The number of fused-ring (bicyclic) bond motifs is 1. The SMILES string of the molecule is CC1=CC2=NC(=O)C[C@@](C)(C(=O)NCc3nc(-c4ccccc4)no3)N2C=C1. The average Bonchev–Trinajstić information content (AvgIpc) is 3.15. The maximum atomic E-state index is 12.9. The number of hydrogen-bond donors (Lipinski definition) is 1. The molecule has 2 aliphatic rings. The summed E-state index contributed by atoms with van der Waals surface area (Å²) >= 11 is 0. The molecule has 2 aliphatic heterocycles. The van der Waals surface area contributed by atoms with Crippen LogP contribution in [0.15, 0.2) is 63.8 Å². The van der Waals surface area contributed by atoms with Gasteiger partial charge in [-0.3, -0.25) is 9.59 Å². The van der Waals surface area contributed by atoms with Gasteiger partial charge < -0.3 is 14.7 Å². The van der Waals surface area contributed by atoms with Crippen molar-refractivity contribution >= 4 is 17.6 Å². The molecule has 2 aromatic rings. The van der Waals surface area contributed by atoms with Crippen molar-refractivity contribution in [2.45, 2.75) is 32.4 Å². The summed E-state index contributed by atoms with van der Waals surface area (Å²) in [6, 6.07) is 9.42. The maximum absolute atomic E-state index is 12.9. The normalized spacial score (nSPS) is 21.1. The fourth-order valence-electron chi connectivity index (χ4n) is 3.21. The fourth-order valence-corrected chi connectivity index (χ4v) is 3.21. The minimum atomic E-state index is -1.08. The van der Waals surface area contributed by atoms with Gasteiger partial charge in [0.1, 0.15) is 11.4 Å². The molecule has 3 heterocycles. The van der Waals surface area contributed by atoms with Crippen LogP contribution >= 0.6 is 0 Å². The van der Waals surface area contributed by atoms with Crippen molar-refractivity contribution in [2.75, 3.05) is 0 Å². The smallest absolute Gasteiger partial charge is 0.250 e. The monoisotopic (exact) mass is 377 g/mol. The first-order chi connectivity index (χ1) is 13.5. The molecule has 28 heavy (non-hydrogen) atoms. The molecule has 0 fully saturated rings. The highest BCUT2D eigenvalue weighted by Crippen LogP contribution is 2.29. The van der Waals surface area contributed by atoms with E-state index in [4.69, 9.17) is 4.52 Å². The second-order valence-electron chi connectivity index (χ2n) is 6.95. The largest absolute Gasteiger partial charge is 0.345 e. The van der Waals surface area contributed by atoms with E-state index in [0.717, 1.165) is 11.1 Å². The van der Waals surface area contributed by atoms with E-state index in [1.165, 1.54) is 0 Å². The van der Waals surface area contributed by atoms with Gasteiger partial charge in [-0.25, -0.2) is 0 Å². The quantitative estimate of drug-likeness (QED) is 0.877. The molecule has 8 nitrogen and oxygen atoms in total. The molecule has 2 amide bonds. The number of benzene rings is 1. The number of amidine groups is 1. The lowest BCUT2D eigenvalue weighted by molar-refractivity contribution is -0.134. The first-order valence-corrected chi connectivity index (χ1v) is 8.89. The van der Waals surface area contributed by atoms with Crippen molar-refractivity contribution in [3.8, 4) is 11.4 Å². The van der Waals surface area contributed by atoms with Gasteiger partial charge >= 0.3 is 0 Å². The predicted octanol–water partition coefficient (Wildman–Crippen LogP) is 2.22. The van der Waals surface area contributed by atoms with Gasteiger partial charge in [0.25, 0.3) is 5.91 Å². The van der Waals surface area contributed by atoms with Gasteiger partial charge in [0.2, 0.25) is 17.6 Å². The lowest BCUT2D eigenvalue weighted by Gasteiger charge is -2.41. The van der Waals surface area contributed by atoms with Crippen LogP contribution in [0.5, 0.6) is 0 Å². The molecule has 0 spiro atoms. The van der Waals surface area contributed by atoms with Crippen LogP contribution in [0.4, 0.5) is 0 Å². The zero-order valence-corrected chi connectivity index (χ0v) is 15.5. The Balaban J connectivity index is 1.48. The van der Waals surface area contributed by atoms with Gasteiger partial charge in [-0.05, 0) is 31.6 Å². The lowest BCUT2D eigenvalue weighted by Crippen LogP contribution is -2.59. The highest BCUT2D eigenvalue weighted by atomic mass is 16.5. The Kier molecular flexibility index (Phi) is 4.38. The highest BCUT2D eigenvalue weighted by Gasteiger charge is 2.45. The molecule has 0 saturated heterocycles. The van der Waals surface area contributed by atoms with Crippen LogP contribution in [0.3, 0.4) is 0 Å². The topological polar surface area (TPSA) is 101 Å². The molecule has 1 aromatic heterocycles. The molecule has 0 bridgehead atoms. The van der Waals surface area contributed by atoms with Crippen LogP contribution in [-0.4, -0.2) is 38.2 Å². The summed E-state index contributed by atoms with van der Waals surface area (Å²) in [5.41, 5.74) is 0.714. The number of nitrogens with one attached hydrogen (secondary N) is 1. The Morgan fingerprint density at radius 2 is 2.11 bits per heavy atom. The van der Waals surface area contributed by atoms with Gasteiger partial charge in [-0.1, -0.05) is 35.5 Å². The molecule has 8 heteroatoms. The number of hydrogen-bond acceptors (Lipinski definition) is 6. The summed E-state index contributed by atoms with van der Waals surface area (Å²) < 4.78 is 5.23. The number of allylic oxidation sites excluding steroid dienone is 2. The molecular formula is C20H19N5O3. The van der Waals surface area contributed by atoms with E-state index in [2.05, 4.69) is 20.4 Å². The van der Waals surface area contributed by atoms with E-state index >= 15 is 0 Å². The van der Waals surface area contributed by atoms with E-state index in [1.54, 1.807) is 24.1 Å². The first kappa shape index (κ1) is 17.8. The molecule has 0 radical (unpaired) electrons. The molecule has 1 aromatic carbocycles. The lowest BCUT2D eigenvalue weighted by atomic mass is 9.90. The number of nitrogens with zero attached hydrogens (tertiary/aromatic N) is 4. The minimum absolute atomic E-state index is 0.0152. The predicted molar refractivity (Wildman–Crippen MR) is 102 cm³/mol. The minimum Gasteiger partial charge on any atom is -0.345 e. The Labute approximate surface area is 161 Å². The van der Waals surface area contributed by atoms with Gasteiger partial charge in [0.15, 0.2) is 0 Å². The Morgan fingerprint density at radius 3 is 2.89 bits per heavy atom. The number of aromatic nitrogens is 2. The fraction of sp³-hybridized carbons (Fsp3) is 0.250. The molecular weight excluding hydrogens is 358 g/mol. The van der Waals surface area contributed by atoms with E-state index in [1.807, 2.05) is 43.3 Å². The molecule has 4 rings (SSSR count). The number of carbonyl (C=O) groups is 2. The molecule has 1 N–H and O–H groups in total. The summed E-state index contributed by atoms with van der Waals surface area (Å²) in [6.07, 6.45) is 5.43. The van der Waals surface area contributed by atoms with E-state index in [-0.39, 0.29) is 30.7 Å². The van der Waals surface area contributed by atoms with Gasteiger partial charge in [-0.15, -0.1) is 0 Å². The van der Waals surface area contributed by atoms with Crippen LogP contribution in [0.25, 0.3) is 11.4 Å². The van der Waals surface area contributed by atoms with Crippen LogP contribution in [0.1, 0.15) is 26.2 Å². The number of carbonyl (C=O) groups excluding carboxylic acids is 2. The van der Waals surface area contributed by atoms with Crippen LogP contribution in [0, 0.1) is 0 Å². The van der Waals surface area contributed by atoms with E-state index in [9.17, 15) is 9.59 Å². The molecule has 0 aliphatic carbocycles. The highest BCUT2D eigenvalue weighted by molar-refractivity contribution is 6.09. The summed E-state index contributed by atoms with van der Waals surface area (Å²) in [4.78, 5) is 35.1. The standard InChI is InChI=1S/C20H19N5O3/c1-13-8-9-25-15(10-13)22-16(26)11-20(25,2)19(27)21-12-17-23-18(24-28-17)14-6-4-3-5-7-14/h3-10H,11-12H2,1-2H3,(H,21,27)/t20-/m0/s1. The van der Waals surface area contributed by atoms with Gasteiger partial charge in [-0.2, -0.15) is 9.98 Å². The zero-order chi connectivity index (χ0) is 19.7. The molecule has 142 valence electrons. The van der Waals surface area contributed by atoms with Crippen molar-refractivity contribution in [2.24, 2.45) is 4.99 Å². The van der Waals surface area contributed by atoms with E-state index in [0.29, 0.717) is 11.7 Å². The third-order valence-electron chi connectivity index (χ3n) is 4.75. The van der Waals surface area contributed by atoms with Gasteiger partial charge in [0.05, 0.1) is 13.0 Å². The summed E-state index contributed by atoms with van der Waals surface area (Å²) in [5.74, 6) is 0.574. The third kappa shape index (κ3) is 3.24. The molecule has 1 atom stereocenters. The zero-order valence-electron chi connectivity index (χ0n) is 15.5. The Morgan fingerprint density at radius 1 is 1.32 bits per heavy atom. The first-order valence-electron chi connectivity index (χ1n) is 8.89. The van der Waals surface area contributed by atoms with E-state index < -0.39 is 5.54 Å². The number of amides is 2. The van der Waals surface area contributed by atoms with Crippen molar-refractivity contribution in [1.82, 2.24) is 20.4 Å². The Bertz CT molecular complexity index is 1020. The molecule has 0 saturated carbocycles. The summed E-state index contributed by atoms with van der Waals surface area (Å²) in [5, 5.41) is 6.74. The van der Waals surface area contributed by atoms with Crippen LogP contribution in [0.2, 0.25) is 0 Å². The number of aliphatic imine (C=N–C) groups is 1. The Hall–Kier alpha value is -3.55. The maximum Gasteiger partial charge on any atom is 0.250 e. The number of rotatable bonds is 4. The van der Waals surface area contributed by atoms with Crippen molar-refractivity contribution in [1.29, 1.82) is 0 Å². The summed E-state index contributed by atoms with van der Waals surface area (Å²) in [7, 11) is 0. The van der Waals surface area contributed by atoms with Crippen molar-refractivity contribution in [3.63, 3.8) is 0 Å². The van der Waals surface area contributed by atoms with Crippen molar-refractivity contribution < 1.29 is 14.1 Å². The van der Waals surface area contributed by atoms with Gasteiger partial charge in [0, 0.05) is 11.8 Å². The van der Waals surface area contributed by atoms with Crippen LogP contribution < -0.4 is 5.32 Å². The van der Waals surface area contributed by atoms with Crippen molar-refractivity contribution in [3.05, 3.63) is 60.1 Å². The molecule has 0 unspecified atom stereocenters. The summed E-state index contributed by atoms with van der Waals surface area (Å²) in [6.45, 7) is 3.70. The third-order valence-corrected chi connectivity index (χ3v) is 4.75.